The molecule has 2 heterocycles. The van der Waals surface area contributed by atoms with Crippen LogP contribution in [0.5, 0.6) is 0 Å². The van der Waals surface area contributed by atoms with Gasteiger partial charge in [-0.15, -0.1) is 11.3 Å². The first-order chi connectivity index (χ1) is 9.01. The minimum absolute atomic E-state index is 0.133. The van der Waals surface area contributed by atoms with Gasteiger partial charge < -0.3 is 4.90 Å². The van der Waals surface area contributed by atoms with Crippen LogP contribution in [0.2, 0.25) is 0 Å². The van der Waals surface area contributed by atoms with Crippen LogP contribution in [0.25, 0.3) is 0 Å². The summed E-state index contributed by atoms with van der Waals surface area (Å²) in [5.41, 5.74) is 0. The summed E-state index contributed by atoms with van der Waals surface area (Å²) in [6, 6.07) is 3.32. The van der Waals surface area contributed by atoms with Gasteiger partial charge in [0.2, 0.25) is 5.91 Å². The molecule has 0 aliphatic carbocycles. The quantitative estimate of drug-likeness (QED) is 0.798. The van der Waals surface area contributed by atoms with Crippen molar-refractivity contribution in [3.8, 4) is 0 Å². The van der Waals surface area contributed by atoms with Crippen LogP contribution in [0.4, 0.5) is 0 Å². The molecule has 0 spiro atoms. The lowest BCUT2D eigenvalue weighted by Crippen LogP contribution is -2.42. The number of carbonyl (C=O) groups is 1. The second-order valence-corrected chi connectivity index (χ2v) is 7.82. The molecule has 1 aromatic heterocycles. The predicted octanol–water partition coefficient (Wildman–Crippen LogP) is 1.38. The van der Waals surface area contributed by atoms with Gasteiger partial charge >= 0.3 is 0 Å². The third kappa shape index (κ3) is 3.34. The predicted molar refractivity (Wildman–Crippen MR) is 74.6 cm³/mol. The Labute approximate surface area is 117 Å². The Hall–Kier alpha value is -0.920. The molecule has 0 saturated carbocycles. The van der Waals surface area contributed by atoms with Gasteiger partial charge in [0.1, 0.15) is 4.21 Å². The normalized spacial score (nSPS) is 15.6. The first-order valence-corrected chi connectivity index (χ1v) is 8.61. The van der Waals surface area contributed by atoms with Crippen LogP contribution < -0.4 is 0 Å². The summed E-state index contributed by atoms with van der Waals surface area (Å²) in [5, 5.41) is 1.74. The first kappa shape index (κ1) is 14.5. The Morgan fingerprint density at radius 2 is 2.21 bits per heavy atom. The summed E-state index contributed by atoms with van der Waals surface area (Å²) in [6.45, 7) is 2.07. The van der Waals surface area contributed by atoms with E-state index >= 15 is 0 Å². The molecule has 7 heteroatoms. The molecule has 106 valence electrons. The van der Waals surface area contributed by atoms with E-state index < -0.39 is 10.0 Å². The summed E-state index contributed by atoms with van der Waals surface area (Å²) < 4.78 is 25.9. The number of nitrogens with zero attached hydrogens (tertiary/aromatic N) is 2. The fourth-order valence-corrected chi connectivity index (χ4v) is 4.27. The summed E-state index contributed by atoms with van der Waals surface area (Å²) in [6.07, 6.45) is 2.07. The molecule has 5 nitrogen and oxygen atoms in total. The van der Waals surface area contributed by atoms with Crippen molar-refractivity contribution in [1.82, 2.24) is 9.21 Å². The summed E-state index contributed by atoms with van der Waals surface area (Å²) in [5.74, 6) is 0.133. The first-order valence-electron chi connectivity index (χ1n) is 6.29. The fourth-order valence-electron chi connectivity index (χ4n) is 1.86. The van der Waals surface area contributed by atoms with Gasteiger partial charge in [-0.1, -0.05) is 6.07 Å². The van der Waals surface area contributed by atoms with E-state index in [0.717, 1.165) is 19.5 Å². The molecular weight excluding hydrogens is 284 g/mol. The maximum Gasteiger partial charge on any atom is 0.252 e. The molecule has 0 radical (unpaired) electrons. The number of amides is 1. The maximum atomic E-state index is 12.1. The van der Waals surface area contributed by atoms with Crippen molar-refractivity contribution in [2.45, 2.75) is 23.5 Å². The zero-order valence-corrected chi connectivity index (χ0v) is 12.5. The molecule has 2 rings (SSSR count). The standard InChI is InChI=1S/C12H18N2O3S2/c1-13(19(16,17)12-6-3-10-18-12)7-2-5-11(15)14-8-4-9-14/h3,6,10H,2,4-5,7-9H2,1H3. The monoisotopic (exact) mass is 302 g/mol. The molecule has 0 bridgehead atoms. The number of hydrogen-bond donors (Lipinski definition) is 0. The molecule has 0 unspecified atom stereocenters. The van der Waals surface area contributed by atoms with Crippen molar-refractivity contribution in [3.63, 3.8) is 0 Å². The van der Waals surface area contributed by atoms with Gasteiger partial charge in [-0.25, -0.2) is 12.7 Å². The molecule has 1 amide bonds. The molecule has 19 heavy (non-hydrogen) atoms. The van der Waals surface area contributed by atoms with E-state index in [2.05, 4.69) is 0 Å². The van der Waals surface area contributed by atoms with Crippen LogP contribution in [0.1, 0.15) is 19.3 Å². The van der Waals surface area contributed by atoms with Crippen molar-refractivity contribution >= 4 is 27.3 Å². The number of carbonyl (C=O) groups excluding carboxylic acids is 1. The minimum Gasteiger partial charge on any atom is -0.343 e. The van der Waals surface area contributed by atoms with Gasteiger partial charge in [-0.3, -0.25) is 4.79 Å². The van der Waals surface area contributed by atoms with E-state index in [0.29, 0.717) is 23.6 Å². The van der Waals surface area contributed by atoms with Gasteiger partial charge in [-0.05, 0) is 24.3 Å². The zero-order chi connectivity index (χ0) is 13.9. The van der Waals surface area contributed by atoms with Crippen LogP contribution in [-0.2, 0) is 14.8 Å². The number of rotatable bonds is 6. The maximum absolute atomic E-state index is 12.1. The van der Waals surface area contributed by atoms with Crippen molar-refractivity contribution < 1.29 is 13.2 Å². The molecule has 1 aromatic rings. The minimum atomic E-state index is -3.38. The van der Waals surface area contributed by atoms with Gasteiger partial charge in [0.05, 0.1) is 0 Å². The highest BCUT2D eigenvalue weighted by Crippen LogP contribution is 2.20. The van der Waals surface area contributed by atoms with Crippen molar-refractivity contribution in [2.24, 2.45) is 0 Å². The Morgan fingerprint density at radius 3 is 2.74 bits per heavy atom. The number of thiophene rings is 1. The highest BCUT2D eigenvalue weighted by Gasteiger charge is 2.23. The molecule has 0 aromatic carbocycles. The number of likely N-dealkylation sites (tertiary alicyclic amines) is 1. The summed E-state index contributed by atoms with van der Waals surface area (Å²) in [4.78, 5) is 13.5. The summed E-state index contributed by atoms with van der Waals surface area (Å²) in [7, 11) is -1.82. The van der Waals surface area contributed by atoms with Crippen LogP contribution in [-0.4, -0.2) is 50.2 Å². The van der Waals surface area contributed by atoms with Crippen LogP contribution in [0, 0.1) is 0 Å². The fraction of sp³-hybridized carbons (Fsp3) is 0.583. The Balaban J connectivity index is 1.81. The molecule has 1 aliphatic heterocycles. The lowest BCUT2D eigenvalue weighted by Gasteiger charge is -2.31. The molecule has 1 aliphatic rings. The molecule has 1 saturated heterocycles. The van der Waals surface area contributed by atoms with E-state index in [1.807, 2.05) is 4.90 Å². The van der Waals surface area contributed by atoms with Gasteiger partial charge in [-0.2, -0.15) is 0 Å². The van der Waals surface area contributed by atoms with Crippen LogP contribution in [0.3, 0.4) is 0 Å². The Kier molecular flexibility index (Phi) is 4.59. The second-order valence-electron chi connectivity index (χ2n) is 4.60. The third-order valence-corrected chi connectivity index (χ3v) is 6.46. The molecule has 1 fully saturated rings. The number of hydrogen-bond acceptors (Lipinski definition) is 4. The van der Waals surface area contributed by atoms with E-state index in [9.17, 15) is 13.2 Å². The SMILES string of the molecule is CN(CCCC(=O)N1CCC1)S(=O)(=O)c1cccs1. The lowest BCUT2D eigenvalue weighted by atomic mass is 10.2. The molecule has 0 atom stereocenters. The average Bonchev–Trinajstić information content (AvgIpc) is 2.80. The molecular formula is C12H18N2O3S2. The van der Waals surface area contributed by atoms with Gasteiger partial charge in [0, 0.05) is 33.1 Å². The highest BCUT2D eigenvalue weighted by molar-refractivity contribution is 7.91. The Morgan fingerprint density at radius 1 is 1.47 bits per heavy atom. The molecule has 0 N–H and O–H groups in total. The largest absolute Gasteiger partial charge is 0.343 e. The topological polar surface area (TPSA) is 57.7 Å². The average molecular weight is 302 g/mol. The lowest BCUT2D eigenvalue weighted by molar-refractivity contribution is -0.134. The van der Waals surface area contributed by atoms with Crippen molar-refractivity contribution in [1.29, 1.82) is 0 Å². The van der Waals surface area contributed by atoms with E-state index in [1.54, 1.807) is 24.6 Å². The van der Waals surface area contributed by atoms with E-state index in [4.69, 9.17) is 0 Å². The second kappa shape index (κ2) is 6.02. The van der Waals surface area contributed by atoms with Crippen molar-refractivity contribution in [2.75, 3.05) is 26.7 Å². The smallest absolute Gasteiger partial charge is 0.252 e. The number of sulfonamides is 1. The van der Waals surface area contributed by atoms with Crippen LogP contribution >= 0.6 is 11.3 Å². The third-order valence-electron chi connectivity index (χ3n) is 3.23. The Bertz CT molecular complexity index is 521. The summed E-state index contributed by atoms with van der Waals surface area (Å²) >= 11 is 1.21. The van der Waals surface area contributed by atoms with Crippen molar-refractivity contribution in [3.05, 3.63) is 17.5 Å². The van der Waals surface area contributed by atoms with Gasteiger partial charge in [0.25, 0.3) is 10.0 Å². The highest BCUT2D eigenvalue weighted by atomic mass is 32.2. The van der Waals surface area contributed by atoms with E-state index in [1.165, 1.54) is 15.6 Å². The van der Waals surface area contributed by atoms with Crippen LogP contribution in [0.15, 0.2) is 21.7 Å². The van der Waals surface area contributed by atoms with Gasteiger partial charge in [0.15, 0.2) is 0 Å². The van der Waals surface area contributed by atoms with E-state index in [-0.39, 0.29) is 5.91 Å². The zero-order valence-electron chi connectivity index (χ0n) is 10.9.